The molecule has 0 unspecified atom stereocenters. The van der Waals surface area contributed by atoms with E-state index in [0.29, 0.717) is 17.9 Å². The second kappa shape index (κ2) is 3.90. The number of ether oxygens (including phenoxy) is 1. The molecule has 5 nitrogen and oxygen atoms in total. The van der Waals surface area contributed by atoms with Crippen LogP contribution in [-0.2, 0) is 6.42 Å². The number of hydrogen-bond donors (Lipinski definition) is 2. The summed E-state index contributed by atoms with van der Waals surface area (Å²) in [4.78, 5) is 4.21. The van der Waals surface area contributed by atoms with Gasteiger partial charge in [0.25, 0.3) is 0 Å². The van der Waals surface area contributed by atoms with Crippen molar-refractivity contribution in [2.45, 2.75) is 6.42 Å². The first-order chi connectivity index (χ1) is 8.25. The number of aromatic nitrogens is 1. The van der Waals surface area contributed by atoms with Crippen molar-refractivity contribution in [3.05, 3.63) is 30.0 Å². The van der Waals surface area contributed by atoms with Gasteiger partial charge in [-0.15, -0.1) is 0 Å². The predicted molar refractivity (Wildman–Crippen MR) is 61.8 cm³/mol. The minimum absolute atomic E-state index is 0.339. The van der Waals surface area contributed by atoms with E-state index >= 15 is 0 Å². The number of benzene rings is 1. The van der Waals surface area contributed by atoms with Gasteiger partial charge in [-0.1, -0.05) is 0 Å². The Bertz CT molecular complexity index is 562. The fourth-order valence-corrected chi connectivity index (χ4v) is 2.09. The Morgan fingerprint density at radius 2 is 2.18 bits per heavy atom. The Hall–Kier alpha value is -1.79. The third-order valence-electron chi connectivity index (χ3n) is 2.76. The average molecular weight is 231 g/mol. The zero-order chi connectivity index (χ0) is 11.8. The third kappa shape index (κ3) is 1.71. The lowest BCUT2D eigenvalue weighted by Gasteiger charge is -2.19. The Morgan fingerprint density at radius 1 is 1.29 bits per heavy atom. The van der Waals surface area contributed by atoms with Gasteiger partial charge in [0.15, 0.2) is 0 Å². The molecule has 6 heteroatoms. The van der Waals surface area contributed by atoms with Crippen LogP contribution in [0.1, 0.15) is 5.56 Å². The quantitative estimate of drug-likeness (QED) is 0.737. The number of nitrogens with zero attached hydrogens (tertiary/aromatic N) is 1. The molecule has 0 fully saturated rings. The summed E-state index contributed by atoms with van der Waals surface area (Å²) in [5.74, 6) is 1.10. The van der Waals surface area contributed by atoms with Crippen molar-refractivity contribution in [1.82, 2.24) is 4.98 Å². The molecule has 0 spiro atoms. The fraction of sp³-hybridized carbons (Fsp3) is 0.182. The van der Waals surface area contributed by atoms with Gasteiger partial charge in [0.05, 0.1) is 6.61 Å². The van der Waals surface area contributed by atoms with Gasteiger partial charge in [-0.2, -0.15) is 0 Å². The molecule has 1 aromatic heterocycles. The molecule has 2 heterocycles. The van der Waals surface area contributed by atoms with Crippen molar-refractivity contribution in [1.29, 1.82) is 0 Å². The summed E-state index contributed by atoms with van der Waals surface area (Å²) >= 11 is 0. The summed E-state index contributed by atoms with van der Waals surface area (Å²) in [7, 11) is -1.85. The van der Waals surface area contributed by atoms with E-state index < -0.39 is 7.32 Å². The molecule has 0 bridgehead atoms. The van der Waals surface area contributed by atoms with Crippen LogP contribution in [-0.4, -0.2) is 29.0 Å². The molecule has 0 radical (unpaired) electrons. The lowest BCUT2D eigenvalue weighted by atomic mass is 10.0. The topological polar surface area (TPSA) is 71.8 Å². The molecular formula is C11H10BNO4. The molecule has 1 aliphatic rings. The summed E-state index contributed by atoms with van der Waals surface area (Å²) < 4.78 is 10.4. The zero-order valence-electron chi connectivity index (χ0n) is 8.96. The van der Waals surface area contributed by atoms with E-state index in [9.17, 15) is 0 Å². The van der Waals surface area contributed by atoms with Crippen molar-refractivity contribution in [2.24, 2.45) is 0 Å². The standard InChI is InChI=1S/C11H10BNO4/c14-12(15)17-9-2-1-8-10-7(4-6-16-8)3-5-13-11(9)10/h1-3,5,14-15H,4,6H2. The van der Waals surface area contributed by atoms with E-state index in [2.05, 4.69) is 4.98 Å². The first-order valence-electron chi connectivity index (χ1n) is 5.32. The second-order valence-corrected chi connectivity index (χ2v) is 3.80. The van der Waals surface area contributed by atoms with Gasteiger partial charge < -0.3 is 19.4 Å². The third-order valence-corrected chi connectivity index (χ3v) is 2.76. The number of pyridine rings is 1. The van der Waals surface area contributed by atoms with Gasteiger partial charge in [0.2, 0.25) is 0 Å². The molecule has 0 atom stereocenters. The Morgan fingerprint density at radius 3 is 3.00 bits per heavy atom. The fourth-order valence-electron chi connectivity index (χ4n) is 2.09. The molecule has 17 heavy (non-hydrogen) atoms. The maximum absolute atomic E-state index is 8.85. The maximum Gasteiger partial charge on any atom is 0.707 e. The summed E-state index contributed by atoms with van der Waals surface area (Å²) in [6.07, 6.45) is 2.50. The second-order valence-electron chi connectivity index (χ2n) is 3.80. The van der Waals surface area contributed by atoms with E-state index in [4.69, 9.17) is 19.4 Å². The molecular weight excluding hydrogens is 221 g/mol. The highest BCUT2D eigenvalue weighted by atomic mass is 16.6. The first-order valence-corrected chi connectivity index (χ1v) is 5.32. The predicted octanol–water partition coefficient (Wildman–Crippen LogP) is 0.518. The van der Waals surface area contributed by atoms with Crippen LogP contribution in [0.2, 0.25) is 0 Å². The van der Waals surface area contributed by atoms with Gasteiger partial charge in [0, 0.05) is 18.0 Å². The van der Waals surface area contributed by atoms with E-state index in [1.807, 2.05) is 6.07 Å². The summed E-state index contributed by atoms with van der Waals surface area (Å²) in [6.45, 7) is 0.648. The maximum atomic E-state index is 8.85. The Labute approximate surface area is 97.8 Å². The van der Waals surface area contributed by atoms with Crippen molar-refractivity contribution < 1.29 is 19.4 Å². The smallest absolute Gasteiger partial charge is 0.510 e. The van der Waals surface area contributed by atoms with Gasteiger partial charge in [-0.3, -0.25) is 4.98 Å². The lowest BCUT2D eigenvalue weighted by Crippen LogP contribution is -2.21. The molecule has 86 valence electrons. The molecule has 0 aliphatic carbocycles. The highest BCUT2D eigenvalue weighted by Crippen LogP contribution is 2.36. The van der Waals surface area contributed by atoms with Crippen LogP contribution in [0.15, 0.2) is 24.4 Å². The van der Waals surface area contributed by atoms with Crippen LogP contribution >= 0.6 is 0 Å². The van der Waals surface area contributed by atoms with Crippen molar-refractivity contribution in [3.63, 3.8) is 0 Å². The van der Waals surface area contributed by atoms with Gasteiger partial charge in [0.1, 0.15) is 17.0 Å². The summed E-state index contributed by atoms with van der Waals surface area (Å²) in [6, 6.07) is 5.32. The number of rotatable bonds is 2. The van der Waals surface area contributed by atoms with Crippen LogP contribution in [0, 0.1) is 0 Å². The van der Waals surface area contributed by atoms with Gasteiger partial charge in [-0.05, 0) is 23.8 Å². The zero-order valence-corrected chi connectivity index (χ0v) is 8.96. The van der Waals surface area contributed by atoms with E-state index in [0.717, 1.165) is 23.1 Å². The minimum atomic E-state index is -1.85. The van der Waals surface area contributed by atoms with Crippen LogP contribution in [0.25, 0.3) is 10.9 Å². The highest BCUT2D eigenvalue weighted by molar-refractivity contribution is 6.34. The minimum Gasteiger partial charge on any atom is -0.510 e. The summed E-state index contributed by atoms with van der Waals surface area (Å²) in [5, 5.41) is 18.6. The van der Waals surface area contributed by atoms with Crippen LogP contribution in [0.5, 0.6) is 11.5 Å². The van der Waals surface area contributed by atoms with Gasteiger partial charge >= 0.3 is 7.32 Å². The SMILES string of the molecule is OB(O)Oc1ccc2c3c(ccnc13)CCO2. The molecule has 0 amide bonds. The van der Waals surface area contributed by atoms with Crippen molar-refractivity contribution in [2.75, 3.05) is 6.61 Å². The highest BCUT2D eigenvalue weighted by Gasteiger charge is 2.19. The van der Waals surface area contributed by atoms with E-state index in [1.165, 1.54) is 0 Å². The van der Waals surface area contributed by atoms with Crippen molar-refractivity contribution in [3.8, 4) is 11.5 Å². The normalized spacial score (nSPS) is 13.3. The Kier molecular flexibility index (Phi) is 2.38. The molecule has 1 aliphatic heterocycles. The van der Waals surface area contributed by atoms with Gasteiger partial charge in [-0.25, -0.2) is 0 Å². The summed E-state index contributed by atoms with van der Waals surface area (Å²) in [5.41, 5.74) is 1.72. The lowest BCUT2D eigenvalue weighted by molar-refractivity contribution is 0.288. The largest absolute Gasteiger partial charge is 0.707 e. The van der Waals surface area contributed by atoms with Crippen LogP contribution in [0.4, 0.5) is 0 Å². The molecule has 0 saturated heterocycles. The van der Waals surface area contributed by atoms with E-state index in [-0.39, 0.29) is 0 Å². The average Bonchev–Trinajstić information content (AvgIpc) is 2.33. The van der Waals surface area contributed by atoms with Crippen LogP contribution in [0.3, 0.4) is 0 Å². The molecule has 2 N–H and O–H groups in total. The van der Waals surface area contributed by atoms with E-state index in [1.54, 1.807) is 18.3 Å². The molecule has 3 rings (SSSR count). The molecule has 1 aromatic carbocycles. The number of hydrogen-bond acceptors (Lipinski definition) is 5. The Balaban J connectivity index is 2.25. The van der Waals surface area contributed by atoms with Crippen LogP contribution < -0.4 is 9.39 Å². The molecule has 2 aromatic rings. The van der Waals surface area contributed by atoms with Crippen molar-refractivity contribution >= 4 is 18.2 Å². The molecule has 0 saturated carbocycles. The first kappa shape index (κ1) is 10.4. The monoisotopic (exact) mass is 231 g/mol.